The molecule has 0 heterocycles. The normalized spacial score (nSPS) is 9.60. The second kappa shape index (κ2) is 17.7. The van der Waals surface area contributed by atoms with Crippen LogP contribution in [0.5, 0.6) is 0 Å². The quantitative estimate of drug-likeness (QED) is 0.475. The van der Waals surface area contributed by atoms with Crippen LogP contribution >= 0.6 is 15.8 Å². The van der Waals surface area contributed by atoms with Gasteiger partial charge in [-0.15, -0.1) is 15.8 Å². The predicted octanol–water partition coefficient (Wildman–Crippen LogP) is 5.05. The van der Waals surface area contributed by atoms with Gasteiger partial charge in [-0.1, -0.05) is 41.5 Å². The van der Waals surface area contributed by atoms with E-state index in [1.54, 1.807) is 0 Å². The fourth-order valence-electron chi connectivity index (χ4n) is 1.34. The molecule has 0 fully saturated rings. The van der Waals surface area contributed by atoms with Gasteiger partial charge in [0.15, 0.2) is 0 Å². The average Bonchev–Trinajstić information content (AvgIpc) is 2.24. The maximum absolute atomic E-state index is 2.29. The Morgan fingerprint density at radius 3 is 0.600 bits per heavy atom. The van der Waals surface area contributed by atoms with Crippen molar-refractivity contribution in [1.29, 1.82) is 0 Å². The molecule has 0 N–H and O–H groups in total. The molecule has 0 aliphatic carbocycles. The molecule has 0 spiro atoms. The fourth-order valence-corrected chi connectivity index (χ4v) is 4.02. The second-order valence-electron chi connectivity index (χ2n) is 3.24. The summed E-state index contributed by atoms with van der Waals surface area (Å²) in [5.41, 5.74) is 0. The van der Waals surface area contributed by atoms with E-state index >= 15 is 0 Å². The van der Waals surface area contributed by atoms with Gasteiger partial charge in [-0.25, -0.2) is 0 Å². The molecule has 0 aromatic rings. The molecule has 0 amide bonds. The monoisotopic (exact) mass is 294 g/mol. The molecular formula is C12H30NiP2. The molecule has 0 nitrogen and oxygen atoms in total. The molecular weight excluding hydrogens is 265 g/mol. The first kappa shape index (κ1) is 21.6. The van der Waals surface area contributed by atoms with Crippen LogP contribution in [0, 0.1) is 0 Å². The zero-order valence-electron chi connectivity index (χ0n) is 11.5. The van der Waals surface area contributed by atoms with Gasteiger partial charge in [0.1, 0.15) is 0 Å². The molecule has 0 aliphatic heterocycles. The first-order valence-corrected chi connectivity index (χ1v) is 9.93. The summed E-state index contributed by atoms with van der Waals surface area (Å²) in [5, 5.41) is 0. The van der Waals surface area contributed by atoms with Crippen molar-refractivity contribution in [1.82, 2.24) is 0 Å². The molecule has 3 heteroatoms. The topological polar surface area (TPSA) is 0 Å². The summed E-state index contributed by atoms with van der Waals surface area (Å²) in [6.45, 7) is 13.7. The summed E-state index contributed by atoms with van der Waals surface area (Å²) in [4.78, 5) is 0. The van der Waals surface area contributed by atoms with Crippen LogP contribution in [0.15, 0.2) is 0 Å². The standard InChI is InChI=1S/2C6H15P.Ni/c2*1-4-7(5-2)6-3;/h2*4-6H2,1-3H3;. The minimum Gasteiger partial charge on any atom is -0.108 e. The summed E-state index contributed by atoms with van der Waals surface area (Å²) in [5.74, 6) is 0. The van der Waals surface area contributed by atoms with Crippen molar-refractivity contribution in [2.45, 2.75) is 41.5 Å². The summed E-state index contributed by atoms with van der Waals surface area (Å²) in [7, 11) is 0.892. The number of hydrogen-bond acceptors (Lipinski definition) is 0. The van der Waals surface area contributed by atoms with Crippen molar-refractivity contribution < 1.29 is 16.5 Å². The van der Waals surface area contributed by atoms with E-state index in [4.69, 9.17) is 0 Å². The minimum absolute atomic E-state index is 0. The zero-order valence-corrected chi connectivity index (χ0v) is 14.2. The van der Waals surface area contributed by atoms with Gasteiger partial charge >= 0.3 is 0 Å². The Morgan fingerprint density at radius 2 is 0.600 bits per heavy atom. The summed E-state index contributed by atoms with van der Waals surface area (Å²) in [6.07, 6.45) is 8.51. The van der Waals surface area contributed by atoms with Crippen molar-refractivity contribution in [3.63, 3.8) is 0 Å². The van der Waals surface area contributed by atoms with Crippen LogP contribution in [0.3, 0.4) is 0 Å². The Kier molecular flexibility index (Phi) is 25.6. The maximum atomic E-state index is 2.29. The first-order valence-electron chi connectivity index (χ1n) is 6.14. The van der Waals surface area contributed by atoms with Gasteiger partial charge in [-0.05, 0) is 37.0 Å². The summed E-state index contributed by atoms with van der Waals surface area (Å²) < 4.78 is 0. The van der Waals surface area contributed by atoms with E-state index < -0.39 is 0 Å². The van der Waals surface area contributed by atoms with Gasteiger partial charge in [0, 0.05) is 16.5 Å². The summed E-state index contributed by atoms with van der Waals surface area (Å²) in [6, 6.07) is 0. The van der Waals surface area contributed by atoms with Crippen LogP contribution in [0.25, 0.3) is 0 Å². The smallest absolute Gasteiger partial charge is 0 e. The van der Waals surface area contributed by atoms with Crippen molar-refractivity contribution in [3.8, 4) is 0 Å². The molecule has 0 bridgehead atoms. The number of rotatable bonds is 6. The van der Waals surface area contributed by atoms with Gasteiger partial charge in [-0.2, -0.15) is 0 Å². The van der Waals surface area contributed by atoms with Crippen molar-refractivity contribution >= 4 is 15.8 Å². The molecule has 0 aromatic heterocycles. The third-order valence-electron chi connectivity index (χ3n) is 2.68. The Hall–Kier alpha value is 1.35. The van der Waals surface area contributed by atoms with Crippen molar-refractivity contribution in [3.05, 3.63) is 0 Å². The van der Waals surface area contributed by atoms with Crippen LogP contribution in [-0.2, 0) is 16.5 Å². The molecule has 98 valence electrons. The first-order chi connectivity index (χ1) is 6.69. The molecule has 0 saturated heterocycles. The number of hydrogen-bond donors (Lipinski definition) is 0. The van der Waals surface area contributed by atoms with Crippen LogP contribution in [-0.4, -0.2) is 37.0 Å². The van der Waals surface area contributed by atoms with Gasteiger partial charge in [0.25, 0.3) is 0 Å². The van der Waals surface area contributed by atoms with Gasteiger partial charge < -0.3 is 0 Å². The summed E-state index contributed by atoms with van der Waals surface area (Å²) >= 11 is 0. The van der Waals surface area contributed by atoms with Crippen LogP contribution in [0.1, 0.15) is 41.5 Å². The van der Waals surface area contributed by atoms with Crippen molar-refractivity contribution in [2.75, 3.05) is 37.0 Å². The largest absolute Gasteiger partial charge is 0.108 e. The fraction of sp³-hybridized carbons (Fsp3) is 1.00. The zero-order chi connectivity index (χ0) is 11.4. The molecule has 15 heavy (non-hydrogen) atoms. The van der Waals surface area contributed by atoms with E-state index in [0.29, 0.717) is 15.8 Å². The Morgan fingerprint density at radius 1 is 0.467 bits per heavy atom. The van der Waals surface area contributed by atoms with Crippen LogP contribution < -0.4 is 0 Å². The molecule has 0 aliphatic rings. The van der Waals surface area contributed by atoms with Gasteiger partial charge in [0.2, 0.25) is 0 Å². The van der Waals surface area contributed by atoms with Crippen LogP contribution in [0.4, 0.5) is 0 Å². The van der Waals surface area contributed by atoms with E-state index in [1.807, 2.05) is 0 Å². The van der Waals surface area contributed by atoms with E-state index in [9.17, 15) is 0 Å². The van der Waals surface area contributed by atoms with E-state index in [0.717, 1.165) is 0 Å². The Labute approximate surface area is 111 Å². The van der Waals surface area contributed by atoms with E-state index in [1.165, 1.54) is 37.0 Å². The molecule has 0 radical (unpaired) electrons. The third-order valence-corrected chi connectivity index (χ3v) is 8.05. The Bertz CT molecular complexity index is 68.6. The second-order valence-corrected chi connectivity index (χ2v) is 9.72. The maximum Gasteiger partial charge on any atom is 0 e. The van der Waals surface area contributed by atoms with Gasteiger partial charge in [0.05, 0.1) is 0 Å². The predicted molar refractivity (Wildman–Crippen MR) is 77.1 cm³/mol. The van der Waals surface area contributed by atoms with E-state index in [2.05, 4.69) is 41.5 Å². The molecule has 0 atom stereocenters. The van der Waals surface area contributed by atoms with E-state index in [-0.39, 0.29) is 16.5 Å². The van der Waals surface area contributed by atoms with Crippen LogP contribution in [0.2, 0.25) is 0 Å². The Balaban J connectivity index is -0.000000180. The molecule has 0 saturated carbocycles. The SMILES string of the molecule is CCP(CC)CC.CCP(CC)CC.[Ni]. The van der Waals surface area contributed by atoms with Crippen molar-refractivity contribution in [2.24, 2.45) is 0 Å². The molecule has 0 unspecified atom stereocenters. The van der Waals surface area contributed by atoms with Gasteiger partial charge in [-0.3, -0.25) is 0 Å². The third kappa shape index (κ3) is 15.4. The average molecular weight is 295 g/mol. The molecule has 0 rings (SSSR count). The minimum atomic E-state index is 0. The molecule has 0 aromatic carbocycles.